The average molecular weight is 153 g/mol. The highest BCUT2D eigenvalue weighted by Crippen LogP contribution is 2.10. The van der Waals surface area contributed by atoms with E-state index in [1.54, 1.807) is 12.1 Å². The molecule has 0 amide bonds. The summed E-state index contributed by atoms with van der Waals surface area (Å²) in [5.41, 5.74) is 1.60. The predicted molar refractivity (Wildman–Crippen MR) is 44.0 cm³/mol. The van der Waals surface area contributed by atoms with Gasteiger partial charge in [0.15, 0.2) is 0 Å². The summed E-state index contributed by atoms with van der Waals surface area (Å²) >= 11 is 0. The molecular formula is C10H5N2. The van der Waals surface area contributed by atoms with Gasteiger partial charge in [0, 0.05) is 6.07 Å². The highest BCUT2D eigenvalue weighted by molar-refractivity contribution is 5.52. The summed E-state index contributed by atoms with van der Waals surface area (Å²) in [6.45, 7) is 0. The lowest BCUT2D eigenvalue weighted by atomic mass is 10.2. The Morgan fingerprint density at radius 3 is 2.58 bits per heavy atom. The van der Waals surface area contributed by atoms with Crippen LogP contribution in [0, 0.1) is 18.5 Å². The van der Waals surface area contributed by atoms with Gasteiger partial charge in [0.25, 0.3) is 0 Å². The molecule has 0 saturated carbocycles. The molecule has 0 saturated heterocycles. The van der Waals surface area contributed by atoms with Gasteiger partial charge < -0.3 is 0 Å². The molecule has 0 N–H and O–H groups in total. The smallest absolute Gasteiger partial charge is 0.0980 e. The summed E-state index contributed by atoms with van der Waals surface area (Å²) in [4.78, 5) is 8.01. The lowest BCUT2D eigenvalue weighted by Gasteiger charge is -1.95. The van der Waals surface area contributed by atoms with E-state index < -0.39 is 0 Å². The Morgan fingerprint density at radius 1 is 1.00 bits per heavy atom. The summed E-state index contributed by atoms with van der Waals surface area (Å²) < 4.78 is 0. The number of hydrogen-bond donors (Lipinski definition) is 0. The van der Waals surface area contributed by atoms with Crippen molar-refractivity contribution in [1.29, 1.82) is 0 Å². The van der Waals surface area contributed by atoms with Crippen molar-refractivity contribution in [2.24, 2.45) is 0 Å². The van der Waals surface area contributed by atoms with Crippen LogP contribution < -0.4 is 0 Å². The molecule has 0 atom stereocenters. The van der Waals surface area contributed by atoms with Crippen LogP contribution in [0.5, 0.6) is 0 Å². The Labute approximate surface area is 70.9 Å². The number of rotatable bonds is 1. The first-order chi connectivity index (χ1) is 5.97. The van der Waals surface area contributed by atoms with Gasteiger partial charge in [0.2, 0.25) is 0 Å². The van der Waals surface area contributed by atoms with Crippen LogP contribution in [0.2, 0.25) is 0 Å². The fraction of sp³-hybridized carbons (Fsp3) is 0. The van der Waals surface area contributed by atoms with E-state index in [2.05, 4.69) is 28.4 Å². The number of pyridine rings is 2. The molecule has 2 nitrogen and oxygen atoms in total. The Balaban J connectivity index is 2.46. The van der Waals surface area contributed by atoms with Crippen LogP contribution in [-0.4, -0.2) is 9.97 Å². The Bertz CT molecular complexity index is 305. The van der Waals surface area contributed by atoms with E-state index in [4.69, 9.17) is 0 Å². The molecular weight excluding hydrogens is 148 g/mol. The molecule has 0 aliphatic carbocycles. The van der Waals surface area contributed by atoms with E-state index in [0.29, 0.717) is 0 Å². The minimum atomic E-state index is 0.797. The fourth-order valence-electron chi connectivity index (χ4n) is 0.899. The van der Waals surface area contributed by atoms with E-state index in [9.17, 15) is 0 Å². The fourth-order valence-corrected chi connectivity index (χ4v) is 0.899. The van der Waals surface area contributed by atoms with Gasteiger partial charge in [-0.25, -0.2) is 9.97 Å². The zero-order valence-electron chi connectivity index (χ0n) is 6.28. The third-order valence-electron chi connectivity index (χ3n) is 1.44. The van der Waals surface area contributed by atoms with Crippen LogP contribution in [0.25, 0.3) is 11.4 Å². The molecule has 2 aromatic rings. The molecule has 0 spiro atoms. The maximum atomic E-state index is 4.03. The molecule has 12 heavy (non-hydrogen) atoms. The van der Waals surface area contributed by atoms with Crippen molar-refractivity contribution in [3.63, 3.8) is 0 Å². The molecule has 55 valence electrons. The highest BCUT2D eigenvalue weighted by Gasteiger charge is 1.96. The number of aromatic nitrogens is 2. The summed E-state index contributed by atoms with van der Waals surface area (Å²) in [7, 11) is 0. The first kappa shape index (κ1) is 6.98. The predicted octanol–water partition coefficient (Wildman–Crippen LogP) is 1.54. The maximum absolute atomic E-state index is 4.03. The van der Waals surface area contributed by atoms with Crippen LogP contribution in [0.3, 0.4) is 0 Å². The minimum Gasteiger partial charge on any atom is -0.245 e. The topological polar surface area (TPSA) is 25.8 Å². The Hall–Kier alpha value is -1.70. The van der Waals surface area contributed by atoms with Crippen LogP contribution in [-0.2, 0) is 0 Å². The molecule has 0 bridgehead atoms. The van der Waals surface area contributed by atoms with Gasteiger partial charge in [-0.2, -0.15) is 0 Å². The van der Waals surface area contributed by atoms with E-state index in [1.165, 1.54) is 0 Å². The lowest BCUT2D eigenvalue weighted by molar-refractivity contribution is 1.23. The first-order valence-corrected chi connectivity index (χ1v) is 3.55. The second-order valence-electron chi connectivity index (χ2n) is 2.24. The summed E-state index contributed by atoms with van der Waals surface area (Å²) in [5.74, 6) is 0. The molecule has 0 fully saturated rings. The van der Waals surface area contributed by atoms with Gasteiger partial charge in [-0.1, -0.05) is 6.07 Å². The van der Waals surface area contributed by atoms with Gasteiger partial charge in [-0.15, -0.1) is 0 Å². The van der Waals surface area contributed by atoms with Crippen molar-refractivity contribution in [2.45, 2.75) is 0 Å². The van der Waals surface area contributed by atoms with Gasteiger partial charge in [-0.05, 0) is 24.3 Å². The first-order valence-electron chi connectivity index (χ1n) is 3.55. The summed E-state index contributed by atoms with van der Waals surface area (Å²) in [6.07, 6.45) is 5.38. The summed E-state index contributed by atoms with van der Waals surface area (Å²) in [5, 5.41) is 0. The van der Waals surface area contributed by atoms with Crippen molar-refractivity contribution in [2.75, 3.05) is 0 Å². The molecule has 0 aromatic carbocycles. The van der Waals surface area contributed by atoms with Gasteiger partial charge in [0.05, 0.1) is 23.8 Å². The van der Waals surface area contributed by atoms with Crippen LogP contribution in [0.15, 0.2) is 30.3 Å². The number of nitrogens with zero attached hydrogens (tertiary/aromatic N) is 2. The number of hydrogen-bond acceptors (Lipinski definition) is 2. The van der Waals surface area contributed by atoms with E-state index in [0.717, 1.165) is 11.4 Å². The average Bonchev–Trinajstić information content (AvgIpc) is 2.21. The van der Waals surface area contributed by atoms with Crippen molar-refractivity contribution >= 4 is 0 Å². The Morgan fingerprint density at radius 2 is 1.92 bits per heavy atom. The van der Waals surface area contributed by atoms with E-state index in [1.807, 2.05) is 18.2 Å². The Kier molecular flexibility index (Phi) is 1.82. The van der Waals surface area contributed by atoms with E-state index >= 15 is 0 Å². The normalized spacial score (nSPS) is 9.67. The third-order valence-corrected chi connectivity index (χ3v) is 1.44. The lowest BCUT2D eigenvalue weighted by Crippen LogP contribution is -1.84. The zero-order chi connectivity index (χ0) is 8.23. The minimum absolute atomic E-state index is 0.797. The quantitative estimate of drug-likeness (QED) is 0.621. The second kappa shape index (κ2) is 3.13. The van der Waals surface area contributed by atoms with Crippen molar-refractivity contribution in [3.05, 3.63) is 48.8 Å². The molecule has 0 unspecified atom stereocenters. The van der Waals surface area contributed by atoms with E-state index in [-0.39, 0.29) is 0 Å². The zero-order valence-corrected chi connectivity index (χ0v) is 6.28. The molecule has 0 aliphatic heterocycles. The summed E-state index contributed by atoms with van der Waals surface area (Å²) in [6, 6.07) is 11.8. The van der Waals surface area contributed by atoms with Crippen LogP contribution in [0.1, 0.15) is 0 Å². The molecule has 0 aliphatic rings. The van der Waals surface area contributed by atoms with Gasteiger partial charge in [-0.3, -0.25) is 0 Å². The van der Waals surface area contributed by atoms with Crippen LogP contribution >= 0.6 is 0 Å². The van der Waals surface area contributed by atoms with Crippen molar-refractivity contribution in [3.8, 4) is 11.4 Å². The van der Waals surface area contributed by atoms with Gasteiger partial charge >= 0.3 is 0 Å². The largest absolute Gasteiger partial charge is 0.245 e. The second-order valence-corrected chi connectivity index (χ2v) is 2.24. The molecule has 2 rings (SSSR count). The van der Waals surface area contributed by atoms with Gasteiger partial charge in [0.1, 0.15) is 0 Å². The van der Waals surface area contributed by atoms with Crippen LogP contribution in [0.4, 0.5) is 0 Å². The SMILES string of the molecule is [c]1[c]nc(-c2ccc[c]n2)cc1. The van der Waals surface area contributed by atoms with Crippen molar-refractivity contribution < 1.29 is 0 Å². The highest BCUT2D eigenvalue weighted by atomic mass is 14.7. The standard InChI is InChI=1S/C10H5N2/c1-3-7-11-9(5-1)10-6-2-4-8-12-10/h1-3,5-6H. The molecule has 2 heteroatoms. The molecule has 3 radical (unpaired) electrons. The molecule has 2 aromatic heterocycles. The molecule has 2 heterocycles. The van der Waals surface area contributed by atoms with Crippen molar-refractivity contribution in [1.82, 2.24) is 9.97 Å². The third kappa shape index (κ3) is 1.32. The maximum Gasteiger partial charge on any atom is 0.0980 e. The monoisotopic (exact) mass is 153 g/mol.